The molecule has 0 aliphatic carbocycles. The molecule has 0 amide bonds. The van der Waals surface area contributed by atoms with Crippen LogP contribution in [-0.2, 0) is 4.74 Å². The number of fused-ring (bicyclic) bond motifs is 1. The molecule has 4 aromatic rings. The summed E-state index contributed by atoms with van der Waals surface area (Å²) in [4.78, 5) is 17.7. The summed E-state index contributed by atoms with van der Waals surface area (Å²) in [5, 5.41) is 7.54. The van der Waals surface area contributed by atoms with Crippen molar-refractivity contribution in [2.45, 2.75) is 33.2 Å². The molecule has 2 aromatic carbocycles. The topological polar surface area (TPSA) is 93.6 Å². The lowest BCUT2D eigenvalue weighted by Crippen LogP contribution is -2.17. The number of hydrogen-bond acceptors (Lipinski definition) is 8. The van der Waals surface area contributed by atoms with Crippen molar-refractivity contribution in [3.63, 3.8) is 0 Å². The number of aliphatic imine (C=N–C) groups is 1. The SMILES string of the molecule is Cc1ccc(Oc2ccc(Nc3ncnc4ccc(NC5=NC(C)(C)CO5)cc34)cc2C)cn1. The summed E-state index contributed by atoms with van der Waals surface area (Å²) in [5.41, 5.74) is 4.31. The molecule has 8 nitrogen and oxygen atoms in total. The third-order valence-corrected chi connectivity index (χ3v) is 5.40. The molecule has 2 aromatic heterocycles. The van der Waals surface area contributed by atoms with Crippen LogP contribution in [-0.4, -0.2) is 33.1 Å². The van der Waals surface area contributed by atoms with E-state index in [1.54, 1.807) is 12.5 Å². The van der Waals surface area contributed by atoms with Crippen LogP contribution in [0.25, 0.3) is 10.9 Å². The van der Waals surface area contributed by atoms with Gasteiger partial charge in [-0.25, -0.2) is 15.0 Å². The molecule has 0 saturated carbocycles. The zero-order valence-corrected chi connectivity index (χ0v) is 19.6. The Morgan fingerprint density at radius 1 is 0.912 bits per heavy atom. The van der Waals surface area contributed by atoms with E-state index in [1.807, 2.05) is 76.2 Å². The largest absolute Gasteiger partial charge is 0.462 e. The molecule has 0 bridgehead atoms. The minimum Gasteiger partial charge on any atom is -0.462 e. The van der Waals surface area contributed by atoms with E-state index in [2.05, 4.69) is 30.6 Å². The van der Waals surface area contributed by atoms with Crippen LogP contribution in [0, 0.1) is 13.8 Å². The fourth-order valence-electron chi connectivity index (χ4n) is 3.63. The quantitative estimate of drug-likeness (QED) is 0.396. The zero-order chi connectivity index (χ0) is 23.7. The number of anilines is 3. The first kappa shape index (κ1) is 21.6. The summed E-state index contributed by atoms with van der Waals surface area (Å²) < 4.78 is 11.6. The number of amidine groups is 1. The Balaban J connectivity index is 1.37. The smallest absolute Gasteiger partial charge is 0.289 e. The molecule has 34 heavy (non-hydrogen) atoms. The highest BCUT2D eigenvalue weighted by Gasteiger charge is 2.26. The van der Waals surface area contributed by atoms with Gasteiger partial charge < -0.3 is 20.1 Å². The fraction of sp³-hybridized carbons (Fsp3) is 0.231. The van der Waals surface area contributed by atoms with E-state index in [4.69, 9.17) is 9.47 Å². The van der Waals surface area contributed by atoms with Crippen LogP contribution in [0.2, 0.25) is 0 Å². The molecule has 0 fully saturated rings. The van der Waals surface area contributed by atoms with Crippen LogP contribution >= 0.6 is 0 Å². The second-order valence-corrected chi connectivity index (χ2v) is 8.94. The third-order valence-electron chi connectivity index (χ3n) is 5.40. The van der Waals surface area contributed by atoms with Crippen LogP contribution in [0.1, 0.15) is 25.1 Å². The van der Waals surface area contributed by atoms with E-state index in [9.17, 15) is 0 Å². The maximum atomic E-state index is 5.99. The predicted molar refractivity (Wildman–Crippen MR) is 134 cm³/mol. The number of ether oxygens (including phenoxy) is 2. The minimum atomic E-state index is -0.224. The van der Waals surface area contributed by atoms with Gasteiger partial charge in [0.15, 0.2) is 0 Å². The Morgan fingerprint density at radius 3 is 2.47 bits per heavy atom. The van der Waals surface area contributed by atoms with Gasteiger partial charge in [0.05, 0.1) is 17.3 Å². The van der Waals surface area contributed by atoms with Gasteiger partial charge in [0.25, 0.3) is 6.02 Å². The van der Waals surface area contributed by atoms with E-state index < -0.39 is 0 Å². The lowest BCUT2D eigenvalue weighted by molar-refractivity contribution is 0.278. The first-order valence-corrected chi connectivity index (χ1v) is 11.1. The highest BCUT2D eigenvalue weighted by Crippen LogP contribution is 2.30. The van der Waals surface area contributed by atoms with E-state index in [-0.39, 0.29) is 5.54 Å². The molecule has 8 heteroatoms. The van der Waals surface area contributed by atoms with Crippen LogP contribution < -0.4 is 15.4 Å². The Labute approximate surface area is 198 Å². The molecule has 3 heterocycles. The summed E-state index contributed by atoms with van der Waals surface area (Å²) in [6.45, 7) is 8.58. The molecule has 0 radical (unpaired) electrons. The van der Waals surface area contributed by atoms with Crippen LogP contribution in [0.15, 0.2) is 66.0 Å². The maximum absolute atomic E-state index is 5.99. The lowest BCUT2D eigenvalue weighted by Gasteiger charge is -2.13. The van der Waals surface area contributed by atoms with E-state index >= 15 is 0 Å². The van der Waals surface area contributed by atoms with Gasteiger partial charge in [0.2, 0.25) is 0 Å². The van der Waals surface area contributed by atoms with Crippen molar-refractivity contribution >= 4 is 34.1 Å². The van der Waals surface area contributed by atoms with Crippen molar-refractivity contribution in [3.05, 3.63) is 72.3 Å². The zero-order valence-electron chi connectivity index (χ0n) is 19.6. The molecule has 0 unspecified atom stereocenters. The van der Waals surface area contributed by atoms with Gasteiger partial charge in [-0.1, -0.05) is 0 Å². The molecule has 1 aliphatic heterocycles. The Bertz CT molecular complexity index is 1380. The molecular formula is C26H26N6O2. The molecular weight excluding hydrogens is 428 g/mol. The Morgan fingerprint density at radius 2 is 1.74 bits per heavy atom. The second-order valence-electron chi connectivity index (χ2n) is 8.94. The lowest BCUT2D eigenvalue weighted by atomic mass is 10.1. The molecule has 172 valence electrons. The van der Waals surface area contributed by atoms with Crippen molar-refractivity contribution in [1.29, 1.82) is 0 Å². The molecule has 0 atom stereocenters. The Kier molecular flexibility index (Phi) is 5.49. The van der Waals surface area contributed by atoms with Crippen molar-refractivity contribution in [2.24, 2.45) is 4.99 Å². The van der Waals surface area contributed by atoms with E-state index in [1.165, 1.54) is 0 Å². The third kappa shape index (κ3) is 4.76. The van der Waals surface area contributed by atoms with E-state index in [0.29, 0.717) is 24.2 Å². The number of rotatable bonds is 5. The number of pyridine rings is 1. The van der Waals surface area contributed by atoms with Gasteiger partial charge in [0, 0.05) is 22.5 Å². The number of benzene rings is 2. The van der Waals surface area contributed by atoms with Crippen LogP contribution in [0.4, 0.5) is 17.2 Å². The van der Waals surface area contributed by atoms with Gasteiger partial charge in [-0.05, 0) is 81.8 Å². The minimum absolute atomic E-state index is 0.224. The van der Waals surface area contributed by atoms with Gasteiger partial charge in [0.1, 0.15) is 30.3 Å². The summed E-state index contributed by atoms with van der Waals surface area (Å²) in [7, 11) is 0. The first-order chi connectivity index (χ1) is 16.3. The van der Waals surface area contributed by atoms with Crippen LogP contribution in [0.3, 0.4) is 0 Å². The average Bonchev–Trinajstić information content (AvgIpc) is 3.15. The highest BCUT2D eigenvalue weighted by molar-refractivity contribution is 5.97. The number of aromatic nitrogens is 3. The standard InChI is InChI=1S/C26H26N6O2/c1-16-11-18(7-10-23(16)34-20-8-5-17(2)27-13-20)30-24-21-12-19(6-9-22(21)28-15-29-24)31-25-32-26(3,4)14-33-25/h5-13,15H,14H2,1-4H3,(H,31,32)(H,28,29,30). The van der Waals surface area contributed by atoms with Crippen molar-refractivity contribution in [3.8, 4) is 11.5 Å². The summed E-state index contributed by atoms with van der Waals surface area (Å²) >= 11 is 0. The average molecular weight is 455 g/mol. The monoisotopic (exact) mass is 454 g/mol. The summed E-state index contributed by atoms with van der Waals surface area (Å²) in [6, 6.07) is 16.2. The molecule has 0 spiro atoms. The molecule has 1 aliphatic rings. The summed E-state index contributed by atoms with van der Waals surface area (Å²) in [6.07, 6.45) is 3.28. The second kappa shape index (κ2) is 8.62. The number of nitrogens with zero attached hydrogens (tertiary/aromatic N) is 4. The predicted octanol–water partition coefficient (Wildman–Crippen LogP) is 5.75. The van der Waals surface area contributed by atoms with Gasteiger partial charge in [-0.15, -0.1) is 0 Å². The van der Waals surface area contributed by atoms with Gasteiger partial charge in [-0.2, -0.15) is 0 Å². The molecule has 5 rings (SSSR count). The van der Waals surface area contributed by atoms with Crippen molar-refractivity contribution < 1.29 is 9.47 Å². The number of hydrogen-bond donors (Lipinski definition) is 2. The number of nitrogens with one attached hydrogen (secondary N) is 2. The fourth-order valence-corrected chi connectivity index (χ4v) is 3.63. The Hall–Kier alpha value is -4.20. The first-order valence-electron chi connectivity index (χ1n) is 11.1. The number of aryl methyl sites for hydroxylation is 2. The summed E-state index contributed by atoms with van der Waals surface area (Å²) in [5.74, 6) is 2.19. The molecule has 0 saturated heterocycles. The van der Waals surface area contributed by atoms with E-state index in [0.717, 1.165) is 39.3 Å². The van der Waals surface area contributed by atoms with Gasteiger partial charge >= 0.3 is 0 Å². The van der Waals surface area contributed by atoms with Crippen molar-refractivity contribution in [2.75, 3.05) is 17.2 Å². The van der Waals surface area contributed by atoms with Crippen molar-refractivity contribution in [1.82, 2.24) is 15.0 Å². The normalized spacial score (nSPS) is 14.4. The van der Waals surface area contributed by atoms with Crippen LogP contribution in [0.5, 0.6) is 11.5 Å². The van der Waals surface area contributed by atoms with Gasteiger partial charge in [-0.3, -0.25) is 4.98 Å². The maximum Gasteiger partial charge on any atom is 0.289 e. The highest BCUT2D eigenvalue weighted by atomic mass is 16.5. The molecule has 2 N–H and O–H groups in total.